The molecule has 0 spiro atoms. The lowest BCUT2D eigenvalue weighted by Gasteiger charge is -2.05. The molecule has 1 heterocycles. The molecule has 1 aromatic carbocycles. The molecule has 0 N–H and O–H groups in total. The van der Waals surface area contributed by atoms with Gasteiger partial charge >= 0.3 is 0 Å². The highest BCUT2D eigenvalue weighted by atomic mass is 32.1. The van der Waals surface area contributed by atoms with Gasteiger partial charge < -0.3 is 4.74 Å². The summed E-state index contributed by atoms with van der Waals surface area (Å²) < 4.78 is 8.85. The number of aromatic nitrogens is 2. The number of hydrogen-bond acceptors (Lipinski definition) is 5. The predicted molar refractivity (Wildman–Crippen MR) is 60.9 cm³/mol. The van der Waals surface area contributed by atoms with Gasteiger partial charge in [-0.05, 0) is 17.6 Å². The Bertz CT molecular complexity index is 482. The van der Waals surface area contributed by atoms with Crippen molar-refractivity contribution in [3.63, 3.8) is 0 Å². The Morgan fingerprint density at radius 3 is 2.94 bits per heavy atom. The van der Waals surface area contributed by atoms with E-state index in [4.69, 9.17) is 4.74 Å². The van der Waals surface area contributed by atoms with E-state index in [-0.39, 0.29) is 5.78 Å². The van der Waals surface area contributed by atoms with Crippen molar-refractivity contribution in [1.29, 1.82) is 0 Å². The second-order valence-electron chi connectivity index (χ2n) is 3.19. The molecule has 0 aliphatic rings. The predicted octanol–water partition coefficient (Wildman–Crippen LogP) is 1.97. The first-order valence-corrected chi connectivity index (χ1v) is 5.51. The third kappa shape index (κ3) is 2.25. The number of carbonyl (C=O) groups excluding carboxylic acids is 1. The number of nitrogens with zero attached hydrogens (tertiary/aromatic N) is 2. The number of ketones is 1. The molecule has 82 valence electrons. The van der Waals surface area contributed by atoms with Gasteiger partial charge in [0.15, 0.2) is 5.78 Å². The second-order valence-corrected chi connectivity index (χ2v) is 3.98. The van der Waals surface area contributed by atoms with Crippen LogP contribution in [0.15, 0.2) is 30.5 Å². The van der Waals surface area contributed by atoms with Crippen LogP contribution in [-0.4, -0.2) is 22.5 Å². The van der Waals surface area contributed by atoms with E-state index in [2.05, 4.69) is 9.59 Å². The van der Waals surface area contributed by atoms with Gasteiger partial charge in [-0.3, -0.25) is 4.79 Å². The molecule has 5 heteroatoms. The highest BCUT2D eigenvalue weighted by Gasteiger charge is 2.12. The van der Waals surface area contributed by atoms with Crippen LogP contribution in [0.25, 0.3) is 0 Å². The average molecular weight is 234 g/mol. The molecule has 0 aliphatic heterocycles. The van der Waals surface area contributed by atoms with Crippen molar-refractivity contribution < 1.29 is 9.53 Å². The van der Waals surface area contributed by atoms with Crippen molar-refractivity contribution in [2.24, 2.45) is 0 Å². The Labute approximate surface area is 97.0 Å². The van der Waals surface area contributed by atoms with Crippen LogP contribution in [0.5, 0.6) is 5.75 Å². The molecule has 0 saturated carbocycles. The van der Waals surface area contributed by atoms with Crippen molar-refractivity contribution in [2.75, 3.05) is 7.11 Å². The van der Waals surface area contributed by atoms with Crippen LogP contribution < -0.4 is 4.74 Å². The number of Topliss-reactive ketones (excluding diaryl/α,β-unsaturated/α-hetero) is 1. The molecule has 0 amide bonds. The molecule has 0 aliphatic carbocycles. The molecule has 2 rings (SSSR count). The van der Waals surface area contributed by atoms with E-state index in [1.807, 2.05) is 24.3 Å². The van der Waals surface area contributed by atoms with Crippen molar-refractivity contribution >= 4 is 17.3 Å². The van der Waals surface area contributed by atoms with E-state index < -0.39 is 0 Å². The van der Waals surface area contributed by atoms with Gasteiger partial charge in [0.05, 0.1) is 13.3 Å². The van der Waals surface area contributed by atoms with E-state index in [1.165, 1.54) is 6.20 Å². The SMILES string of the molecule is COc1ccccc1CC(=O)c1cnns1. The molecular weight excluding hydrogens is 224 g/mol. The lowest BCUT2D eigenvalue weighted by atomic mass is 10.1. The van der Waals surface area contributed by atoms with Gasteiger partial charge in [0.25, 0.3) is 0 Å². The highest BCUT2D eigenvalue weighted by molar-refractivity contribution is 7.07. The van der Waals surface area contributed by atoms with Gasteiger partial charge in [-0.25, -0.2) is 0 Å². The summed E-state index contributed by atoms with van der Waals surface area (Å²) in [4.78, 5) is 12.4. The van der Waals surface area contributed by atoms with Gasteiger partial charge in [-0.15, -0.1) is 5.10 Å². The monoisotopic (exact) mass is 234 g/mol. The molecule has 1 aromatic heterocycles. The topological polar surface area (TPSA) is 52.1 Å². The standard InChI is InChI=1S/C11H10N2O2S/c1-15-10-5-3-2-4-8(10)6-9(14)11-7-12-13-16-11/h2-5,7H,6H2,1H3. The molecular formula is C11H10N2O2S. The molecule has 0 saturated heterocycles. The zero-order chi connectivity index (χ0) is 11.4. The van der Waals surface area contributed by atoms with Crippen LogP contribution in [-0.2, 0) is 6.42 Å². The maximum atomic E-state index is 11.8. The minimum absolute atomic E-state index is 0.0134. The third-order valence-corrected chi connectivity index (χ3v) is 2.89. The van der Waals surface area contributed by atoms with Gasteiger partial charge in [-0.2, -0.15) is 0 Å². The second kappa shape index (κ2) is 4.85. The van der Waals surface area contributed by atoms with E-state index in [1.54, 1.807) is 7.11 Å². The smallest absolute Gasteiger partial charge is 0.180 e. The van der Waals surface area contributed by atoms with E-state index >= 15 is 0 Å². The average Bonchev–Trinajstić information content (AvgIpc) is 2.83. The maximum Gasteiger partial charge on any atom is 0.180 e. The molecule has 0 fully saturated rings. The number of ether oxygens (including phenoxy) is 1. The van der Waals surface area contributed by atoms with E-state index in [0.29, 0.717) is 11.3 Å². The molecule has 0 bridgehead atoms. The van der Waals surface area contributed by atoms with Crippen LogP contribution in [0.2, 0.25) is 0 Å². The zero-order valence-corrected chi connectivity index (χ0v) is 9.53. The van der Waals surface area contributed by atoms with Crippen LogP contribution in [0.4, 0.5) is 0 Å². The fraction of sp³-hybridized carbons (Fsp3) is 0.182. The summed E-state index contributed by atoms with van der Waals surface area (Å²) in [6.07, 6.45) is 1.80. The van der Waals surface area contributed by atoms with Crippen LogP contribution in [0.3, 0.4) is 0 Å². The van der Waals surface area contributed by atoms with Crippen molar-refractivity contribution in [2.45, 2.75) is 6.42 Å². The minimum Gasteiger partial charge on any atom is -0.496 e. The van der Waals surface area contributed by atoms with E-state index in [9.17, 15) is 4.79 Å². The van der Waals surface area contributed by atoms with Gasteiger partial charge in [0, 0.05) is 12.0 Å². The first-order chi connectivity index (χ1) is 7.81. The van der Waals surface area contributed by atoms with Gasteiger partial charge in [0.2, 0.25) is 0 Å². The third-order valence-electron chi connectivity index (χ3n) is 2.18. The first kappa shape index (κ1) is 10.8. The number of para-hydroxylation sites is 1. The molecule has 0 unspecified atom stereocenters. The summed E-state index contributed by atoms with van der Waals surface area (Å²) in [7, 11) is 1.59. The number of benzene rings is 1. The zero-order valence-electron chi connectivity index (χ0n) is 8.71. The van der Waals surface area contributed by atoms with Crippen LogP contribution in [0, 0.1) is 0 Å². The van der Waals surface area contributed by atoms with Gasteiger partial charge in [0.1, 0.15) is 10.6 Å². The van der Waals surface area contributed by atoms with Crippen LogP contribution in [0.1, 0.15) is 15.2 Å². The highest BCUT2D eigenvalue weighted by Crippen LogP contribution is 2.19. The maximum absolute atomic E-state index is 11.8. The lowest BCUT2D eigenvalue weighted by molar-refractivity contribution is 0.0996. The fourth-order valence-corrected chi connectivity index (χ4v) is 1.85. The van der Waals surface area contributed by atoms with Crippen LogP contribution >= 0.6 is 11.5 Å². The Hall–Kier alpha value is -1.75. The largest absolute Gasteiger partial charge is 0.496 e. The number of rotatable bonds is 4. The summed E-state index contributed by atoms with van der Waals surface area (Å²) >= 11 is 1.11. The summed E-state index contributed by atoms with van der Waals surface area (Å²) in [6.45, 7) is 0. The number of carbonyl (C=O) groups is 1. The Morgan fingerprint density at radius 2 is 2.25 bits per heavy atom. The van der Waals surface area contributed by atoms with Crippen molar-refractivity contribution in [3.05, 3.63) is 40.9 Å². The van der Waals surface area contributed by atoms with Gasteiger partial charge in [-0.1, -0.05) is 22.7 Å². The quantitative estimate of drug-likeness (QED) is 0.759. The summed E-state index contributed by atoms with van der Waals surface area (Å²) in [5.74, 6) is 0.743. The lowest BCUT2D eigenvalue weighted by Crippen LogP contribution is -2.02. The van der Waals surface area contributed by atoms with E-state index in [0.717, 1.165) is 22.8 Å². The normalized spacial score (nSPS) is 10.1. The Balaban J connectivity index is 2.18. The first-order valence-electron chi connectivity index (χ1n) is 4.73. The summed E-state index contributed by atoms with van der Waals surface area (Å²) in [5.41, 5.74) is 0.878. The summed E-state index contributed by atoms with van der Waals surface area (Å²) in [5, 5.41) is 3.64. The fourth-order valence-electron chi connectivity index (χ4n) is 1.40. The summed E-state index contributed by atoms with van der Waals surface area (Å²) in [6, 6.07) is 7.48. The minimum atomic E-state index is 0.0134. The number of methoxy groups -OCH3 is 1. The van der Waals surface area contributed by atoms with Crippen molar-refractivity contribution in [1.82, 2.24) is 9.59 Å². The Kier molecular flexibility index (Phi) is 3.26. The molecule has 16 heavy (non-hydrogen) atoms. The molecule has 0 atom stereocenters. The molecule has 0 radical (unpaired) electrons. The molecule has 4 nitrogen and oxygen atoms in total. The Morgan fingerprint density at radius 1 is 1.44 bits per heavy atom. The van der Waals surface area contributed by atoms with Crippen molar-refractivity contribution in [3.8, 4) is 5.75 Å². The molecule has 2 aromatic rings. The number of hydrogen-bond donors (Lipinski definition) is 0.